The third kappa shape index (κ3) is 15.8. The van der Waals surface area contributed by atoms with Gasteiger partial charge in [0.2, 0.25) is 0 Å². The Bertz CT molecular complexity index is 7660. The molecule has 4 heterocycles. The van der Waals surface area contributed by atoms with Crippen molar-refractivity contribution in [2.75, 3.05) is 19.6 Å². The summed E-state index contributed by atoms with van der Waals surface area (Å²) >= 11 is 0. The molecule has 0 saturated heterocycles. The Labute approximate surface area is 799 Å². The number of nitrogens with zero attached hydrogens (tertiary/aromatic N) is 4. The zero-order chi connectivity index (χ0) is 94.2. The van der Waals surface area contributed by atoms with E-state index < -0.39 is 0 Å². The normalized spacial score (nSPS) is 12.2. The first-order valence-corrected chi connectivity index (χ1v) is 49.0. The molecule has 22 rings (SSSR count). The van der Waals surface area contributed by atoms with Crippen molar-refractivity contribution >= 4 is 199 Å². The molecule has 0 radical (unpaired) electrons. The van der Waals surface area contributed by atoms with E-state index in [0.717, 1.165) is 178 Å². The average molecular weight is 1780 g/mol. The number of hydrogen-bond acceptors (Lipinski definition) is 8. The zero-order valence-corrected chi connectivity index (χ0v) is 82.1. The fourth-order valence-electron chi connectivity index (χ4n) is 21.1. The second kappa shape index (κ2) is 35.0. The molecule has 0 amide bonds. The molecule has 18 aromatic carbocycles. The topological polar surface area (TPSA) is 65.5 Å². The highest BCUT2D eigenvalue weighted by Gasteiger charge is 2.32. The monoisotopic (exact) mass is 1780 g/mol. The molecular formula is C128H120N4O4. The van der Waals surface area contributed by atoms with Gasteiger partial charge in [-0.05, 0) is 357 Å². The molecule has 0 aliphatic heterocycles. The molecule has 22 aromatic rings. The summed E-state index contributed by atoms with van der Waals surface area (Å²) in [6.45, 7) is 45.1. The fourth-order valence-corrected chi connectivity index (χ4v) is 21.1. The molecule has 136 heavy (non-hydrogen) atoms. The SMILES string of the molecule is CC(C)c1ccc(N(c2ccc(C(C)C)cc2)c2ccc3cc4c(cc3c2)oc2c3oc5cc6cc(N(c7ccc(C(C)C)cc7)c7ccc(C(C)C)cc7)ccc6cc5c3c(C(C)C)c(C(C)C)c42)cc1.Cc1ccc(N(c2ccc(C)cc2)c2ccc3cc4c(cc3c2)oc2c3oc5cc6cc(N(c7ccc(C)cc7)c7ccc(C)cc7)ccc6cc5c3c(C(C)C)c(C(C)C)c42)cc1. The molecule has 0 atom stereocenters. The first-order chi connectivity index (χ1) is 65.6. The largest absolute Gasteiger partial charge is 0.452 e. The number of furan rings is 4. The van der Waals surface area contributed by atoms with E-state index in [0.29, 0.717) is 23.7 Å². The lowest BCUT2D eigenvalue weighted by Gasteiger charge is -2.26. The van der Waals surface area contributed by atoms with Crippen LogP contribution >= 0.6 is 0 Å². The molecule has 0 saturated carbocycles. The van der Waals surface area contributed by atoms with Crippen LogP contribution in [-0.2, 0) is 0 Å². The van der Waals surface area contributed by atoms with E-state index in [1.165, 1.54) is 88.3 Å². The summed E-state index contributed by atoms with van der Waals surface area (Å²) in [7, 11) is 0. The number of rotatable bonds is 20. The Morgan fingerprint density at radius 3 is 0.485 bits per heavy atom. The smallest absolute Gasteiger partial charge is 0.178 e. The highest BCUT2D eigenvalue weighted by Crippen LogP contribution is 2.54. The van der Waals surface area contributed by atoms with Crippen molar-refractivity contribution in [3.05, 3.63) is 382 Å². The lowest BCUT2D eigenvalue weighted by atomic mass is 9.84. The predicted octanol–water partition coefficient (Wildman–Crippen LogP) is 39.7. The van der Waals surface area contributed by atoms with E-state index in [1.54, 1.807) is 0 Å². The van der Waals surface area contributed by atoms with E-state index in [4.69, 9.17) is 17.7 Å². The molecule has 0 fully saturated rings. The second-order valence-electron chi connectivity index (χ2n) is 40.7. The molecule has 676 valence electrons. The quantitative estimate of drug-likeness (QED) is 0.0748. The molecule has 0 unspecified atom stereocenters. The van der Waals surface area contributed by atoms with E-state index in [-0.39, 0.29) is 23.7 Å². The first kappa shape index (κ1) is 88.0. The van der Waals surface area contributed by atoms with Crippen molar-refractivity contribution in [2.24, 2.45) is 0 Å². The van der Waals surface area contributed by atoms with E-state index in [1.807, 2.05) is 0 Å². The summed E-state index contributed by atoms with van der Waals surface area (Å²) in [6.07, 6.45) is 0. The minimum atomic E-state index is 0.244. The molecule has 0 bridgehead atoms. The molecule has 0 aliphatic carbocycles. The lowest BCUT2D eigenvalue weighted by molar-refractivity contribution is 0.632. The maximum atomic E-state index is 7.15. The number of fused-ring (bicyclic) bond motifs is 18. The van der Waals surface area contributed by atoms with Crippen LogP contribution in [0.5, 0.6) is 0 Å². The van der Waals surface area contributed by atoms with Crippen LogP contribution in [0.2, 0.25) is 0 Å². The predicted molar refractivity (Wildman–Crippen MR) is 582 cm³/mol. The van der Waals surface area contributed by atoms with Crippen LogP contribution in [0, 0.1) is 27.7 Å². The van der Waals surface area contributed by atoms with Crippen molar-refractivity contribution < 1.29 is 17.7 Å². The van der Waals surface area contributed by atoms with Crippen molar-refractivity contribution in [1.29, 1.82) is 0 Å². The molecule has 0 aliphatic rings. The van der Waals surface area contributed by atoms with Crippen LogP contribution in [-0.4, -0.2) is 0 Å². The summed E-state index contributed by atoms with van der Waals surface area (Å²) in [4.78, 5) is 9.41. The van der Waals surface area contributed by atoms with Crippen molar-refractivity contribution in [1.82, 2.24) is 0 Å². The summed E-state index contributed by atoms with van der Waals surface area (Å²) in [5.74, 6) is 2.83. The van der Waals surface area contributed by atoms with Gasteiger partial charge in [-0.25, -0.2) is 0 Å². The lowest BCUT2D eigenvalue weighted by Crippen LogP contribution is -2.10. The third-order valence-electron chi connectivity index (χ3n) is 28.4. The minimum absolute atomic E-state index is 0.244. The van der Waals surface area contributed by atoms with Crippen molar-refractivity contribution in [3.8, 4) is 0 Å². The number of anilines is 12. The van der Waals surface area contributed by atoms with Crippen LogP contribution in [0.15, 0.2) is 333 Å². The van der Waals surface area contributed by atoms with E-state index in [2.05, 4.69) is 474 Å². The van der Waals surface area contributed by atoms with Gasteiger partial charge in [-0.15, -0.1) is 0 Å². The first-order valence-electron chi connectivity index (χ1n) is 49.0. The Hall–Kier alpha value is -14.6. The van der Waals surface area contributed by atoms with Gasteiger partial charge in [0.15, 0.2) is 22.3 Å². The molecule has 0 N–H and O–H groups in total. The van der Waals surface area contributed by atoms with Gasteiger partial charge in [0.25, 0.3) is 0 Å². The van der Waals surface area contributed by atoms with Gasteiger partial charge in [0.1, 0.15) is 22.3 Å². The van der Waals surface area contributed by atoms with E-state index >= 15 is 0 Å². The fraction of sp³-hybridized carbons (Fsp3) is 0.219. The number of benzene rings is 18. The van der Waals surface area contributed by atoms with Crippen LogP contribution < -0.4 is 19.6 Å². The average Bonchev–Trinajstić information content (AvgIpc) is 1.54. The summed E-state index contributed by atoms with van der Waals surface area (Å²) in [5, 5.41) is 18.3. The molecular weight excluding hydrogens is 1660 g/mol. The maximum Gasteiger partial charge on any atom is 0.178 e. The number of aryl methyl sites for hydroxylation is 4. The van der Waals surface area contributed by atoms with E-state index in [9.17, 15) is 0 Å². The maximum absolute atomic E-state index is 7.15. The summed E-state index contributed by atoms with van der Waals surface area (Å²) in [5.41, 5.74) is 35.7. The Balaban J connectivity index is 0.000000164. The second-order valence-corrected chi connectivity index (χ2v) is 40.7. The van der Waals surface area contributed by atoms with Crippen molar-refractivity contribution in [3.63, 3.8) is 0 Å². The molecule has 4 aromatic heterocycles. The van der Waals surface area contributed by atoms with Crippen molar-refractivity contribution in [2.45, 2.75) is 186 Å². The van der Waals surface area contributed by atoms with Crippen LogP contribution in [0.4, 0.5) is 68.2 Å². The highest BCUT2D eigenvalue weighted by atomic mass is 16.4. The van der Waals surface area contributed by atoms with Gasteiger partial charge in [0.05, 0.1) is 0 Å². The van der Waals surface area contributed by atoms with Gasteiger partial charge >= 0.3 is 0 Å². The van der Waals surface area contributed by atoms with Crippen LogP contribution in [0.25, 0.3) is 131 Å². The Morgan fingerprint density at radius 1 is 0.162 bits per heavy atom. The van der Waals surface area contributed by atoms with Gasteiger partial charge in [0, 0.05) is 111 Å². The molecule has 8 nitrogen and oxygen atoms in total. The Kier molecular flexibility index (Phi) is 22.7. The van der Waals surface area contributed by atoms with Crippen LogP contribution in [0.3, 0.4) is 0 Å². The summed E-state index contributed by atoms with van der Waals surface area (Å²) < 4.78 is 28.4. The van der Waals surface area contributed by atoms with Gasteiger partial charge < -0.3 is 37.3 Å². The van der Waals surface area contributed by atoms with Gasteiger partial charge in [-0.1, -0.05) is 254 Å². The van der Waals surface area contributed by atoms with Crippen LogP contribution in [0.1, 0.15) is 225 Å². The van der Waals surface area contributed by atoms with Gasteiger partial charge in [-0.2, -0.15) is 0 Å². The molecule has 8 heteroatoms. The van der Waals surface area contributed by atoms with Gasteiger partial charge in [-0.3, -0.25) is 0 Å². The minimum Gasteiger partial charge on any atom is -0.452 e. The molecule has 0 spiro atoms. The highest BCUT2D eigenvalue weighted by molar-refractivity contribution is 6.26. The standard InChI is InChI=1S/C68H68N2O2.C60H52N2O2/c1-39(2)45-13-23-53(24-14-45)69(54-25-15-46(16-26-54)40(3)4)57-31-21-49-35-59-61(37-51(49)33-57)71-67-65(59)63(43(9)10)64(44(11)12)66-60-36-50-22-32-58(34-52(50)38-62(60)72-68(66)67)70(55-27-17-47(18-28-55)41(5)6)56-29-19-48(20-30-56)42(7)8;1-35(2)55-56(36(3)4)58-52-32-42-18-28-50(62(47-23-13-39(7)14-24-47)48-25-15-40(8)16-26-48)30-44(42)34-54(52)64-60(58)59-57(55)51-31-41-17-27-49(29-43(41)33-53(51)63-59)61(45-19-9-37(5)10-20-45)46-21-11-38(6)12-22-46/h13-44H,1-12H3;9-36H,1-8H3. The zero-order valence-electron chi connectivity index (χ0n) is 82.1. The summed E-state index contributed by atoms with van der Waals surface area (Å²) in [6, 6.07) is 117. The third-order valence-corrected chi connectivity index (χ3v) is 28.4. The number of hydrogen-bond donors (Lipinski definition) is 0. The Morgan fingerprint density at radius 2 is 0.324 bits per heavy atom.